The van der Waals surface area contributed by atoms with Gasteiger partial charge in [-0.1, -0.05) is 18.2 Å². The van der Waals surface area contributed by atoms with Crippen LogP contribution < -0.4 is 5.32 Å². The number of hydrogen-bond acceptors (Lipinski definition) is 5. The zero-order chi connectivity index (χ0) is 19.4. The zero-order valence-electron chi connectivity index (χ0n) is 15.6. The van der Waals surface area contributed by atoms with E-state index in [9.17, 15) is 13.2 Å². The van der Waals surface area contributed by atoms with E-state index in [0.717, 1.165) is 5.56 Å². The zero-order valence-corrected chi connectivity index (χ0v) is 16.5. The minimum atomic E-state index is -3.15. The number of carbonyl (C=O) groups is 1. The van der Waals surface area contributed by atoms with Crippen LogP contribution >= 0.6 is 0 Å². The number of aromatic nitrogens is 1. The number of oxazole rings is 1. The number of sulfonamides is 1. The molecule has 146 valence electrons. The van der Waals surface area contributed by atoms with Gasteiger partial charge in [0, 0.05) is 24.7 Å². The lowest BCUT2D eigenvalue weighted by Crippen LogP contribution is -2.47. The van der Waals surface area contributed by atoms with E-state index in [1.54, 1.807) is 13.8 Å². The Kier molecular flexibility index (Phi) is 5.96. The van der Waals surface area contributed by atoms with Crippen molar-refractivity contribution in [3.8, 4) is 11.5 Å². The highest BCUT2D eigenvalue weighted by Crippen LogP contribution is 2.22. The van der Waals surface area contributed by atoms with E-state index >= 15 is 0 Å². The molecule has 1 aromatic carbocycles. The van der Waals surface area contributed by atoms with Crippen molar-refractivity contribution in [3.63, 3.8) is 0 Å². The average molecular weight is 391 g/mol. The number of benzene rings is 1. The SMILES string of the molecule is CCS(=O)(=O)N1CCC(NC(=O)Cc2nc(-c3ccccc3)oc2C)CC1. The summed E-state index contributed by atoms with van der Waals surface area (Å²) in [6, 6.07) is 9.55. The highest BCUT2D eigenvalue weighted by molar-refractivity contribution is 7.89. The van der Waals surface area contributed by atoms with Gasteiger partial charge in [0.25, 0.3) is 0 Å². The second kappa shape index (κ2) is 8.22. The Morgan fingerprint density at radius 2 is 1.93 bits per heavy atom. The molecule has 27 heavy (non-hydrogen) atoms. The molecule has 0 atom stereocenters. The molecule has 0 unspecified atom stereocenters. The highest BCUT2D eigenvalue weighted by atomic mass is 32.2. The lowest BCUT2D eigenvalue weighted by molar-refractivity contribution is -0.121. The van der Waals surface area contributed by atoms with Crippen molar-refractivity contribution in [2.24, 2.45) is 0 Å². The number of aryl methyl sites for hydroxylation is 1. The number of nitrogens with zero attached hydrogens (tertiary/aromatic N) is 2. The standard InChI is InChI=1S/C19H25N3O4S/c1-3-27(24,25)22-11-9-16(10-12-22)20-18(23)13-17-14(2)26-19(21-17)15-7-5-4-6-8-15/h4-8,16H,3,9-13H2,1-2H3,(H,20,23). The van der Waals surface area contributed by atoms with Gasteiger partial charge >= 0.3 is 0 Å². The summed E-state index contributed by atoms with van der Waals surface area (Å²) in [4.78, 5) is 16.8. The maximum absolute atomic E-state index is 12.4. The van der Waals surface area contributed by atoms with E-state index in [1.807, 2.05) is 30.3 Å². The Labute approximate surface area is 159 Å². The van der Waals surface area contributed by atoms with Crippen molar-refractivity contribution in [2.75, 3.05) is 18.8 Å². The van der Waals surface area contributed by atoms with Gasteiger partial charge < -0.3 is 9.73 Å². The fourth-order valence-electron chi connectivity index (χ4n) is 3.19. The van der Waals surface area contributed by atoms with Gasteiger partial charge in [-0.15, -0.1) is 0 Å². The molecule has 1 N–H and O–H groups in total. The molecule has 0 radical (unpaired) electrons. The molecular formula is C19H25N3O4S. The van der Waals surface area contributed by atoms with Crippen LogP contribution in [0.2, 0.25) is 0 Å². The van der Waals surface area contributed by atoms with Crippen LogP contribution in [-0.2, 0) is 21.2 Å². The quantitative estimate of drug-likeness (QED) is 0.814. The number of carbonyl (C=O) groups excluding carboxylic acids is 1. The molecule has 1 saturated heterocycles. The van der Waals surface area contributed by atoms with Gasteiger partial charge in [-0.25, -0.2) is 17.7 Å². The molecule has 8 heteroatoms. The Morgan fingerprint density at radius 3 is 2.56 bits per heavy atom. The molecule has 0 aliphatic carbocycles. The summed E-state index contributed by atoms with van der Waals surface area (Å²) < 4.78 is 31.0. The predicted molar refractivity (Wildman–Crippen MR) is 103 cm³/mol. The molecular weight excluding hydrogens is 366 g/mol. The number of nitrogens with one attached hydrogen (secondary N) is 1. The minimum absolute atomic E-state index is 0.0124. The van der Waals surface area contributed by atoms with Crippen molar-refractivity contribution in [3.05, 3.63) is 41.8 Å². The first kappa shape index (κ1) is 19.6. The summed E-state index contributed by atoms with van der Waals surface area (Å²) in [5.74, 6) is 1.13. The molecule has 1 aromatic heterocycles. The van der Waals surface area contributed by atoms with Gasteiger partial charge in [-0.3, -0.25) is 4.79 Å². The summed E-state index contributed by atoms with van der Waals surface area (Å²) in [6.07, 6.45) is 1.39. The first-order chi connectivity index (χ1) is 12.9. The molecule has 0 spiro atoms. The third-order valence-corrected chi connectivity index (χ3v) is 6.70. The molecule has 2 heterocycles. The van der Waals surface area contributed by atoms with Crippen molar-refractivity contribution in [1.82, 2.24) is 14.6 Å². The van der Waals surface area contributed by atoms with Crippen LogP contribution in [0.1, 0.15) is 31.2 Å². The lowest BCUT2D eigenvalue weighted by atomic mass is 10.1. The summed E-state index contributed by atoms with van der Waals surface area (Å²) in [5.41, 5.74) is 1.49. The molecule has 1 aliphatic heterocycles. The average Bonchev–Trinajstić information content (AvgIpc) is 3.03. The summed E-state index contributed by atoms with van der Waals surface area (Å²) in [7, 11) is -3.15. The molecule has 1 amide bonds. The third kappa shape index (κ3) is 4.75. The largest absolute Gasteiger partial charge is 0.441 e. The highest BCUT2D eigenvalue weighted by Gasteiger charge is 2.27. The Bertz CT molecular complexity index is 885. The van der Waals surface area contributed by atoms with Crippen molar-refractivity contribution >= 4 is 15.9 Å². The van der Waals surface area contributed by atoms with E-state index in [2.05, 4.69) is 10.3 Å². The molecule has 2 aromatic rings. The first-order valence-electron chi connectivity index (χ1n) is 9.18. The van der Waals surface area contributed by atoms with Gasteiger partial charge in [-0.05, 0) is 38.8 Å². The van der Waals surface area contributed by atoms with Crippen LogP contribution in [0.3, 0.4) is 0 Å². The first-order valence-corrected chi connectivity index (χ1v) is 10.8. The lowest BCUT2D eigenvalue weighted by Gasteiger charge is -2.31. The molecule has 1 aliphatic rings. The van der Waals surface area contributed by atoms with Gasteiger partial charge in [0.1, 0.15) is 5.76 Å². The van der Waals surface area contributed by atoms with Crippen LogP contribution in [0.15, 0.2) is 34.7 Å². The predicted octanol–water partition coefficient (Wildman–Crippen LogP) is 2.12. The second-order valence-electron chi connectivity index (χ2n) is 6.71. The summed E-state index contributed by atoms with van der Waals surface area (Å²) in [6.45, 7) is 4.34. The normalized spacial score (nSPS) is 16.4. The van der Waals surface area contributed by atoms with Gasteiger partial charge in [0.05, 0.1) is 17.9 Å². The minimum Gasteiger partial charge on any atom is -0.441 e. The fraction of sp³-hybridized carbons (Fsp3) is 0.474. The van der Waals surface area contributed by atoms with E-state index in [0.29, 0.717) is 43.3 Å². The second-order valence-corrected chi connectivity index (χ2v) is 8.96. The van der Waals surface area contributed by atoms with Crippen molar-refractivity contribution in [1.29, 1.82) is 0 Å². The molecule has 7 nitrogen and oxygen atoms in total. The van der Waals surface area contributed by atoms with Gasteiger partial charge in [-0.2, -0.15) is 0 Å². The summed E-state index contributed by atoms with van der Waals surface area (Å²) in [5, 5.41) is 2.99. The maximum Gasteiger partial charge on any atom is 0.226 e. The smallest absolute Gasteiger partial charge is 0.226 e. The van der Waals surface area contributed by atoms with E-state index < -0.39 is 10.0 Å². The van der Waals surface area contributed by atoms with Crippen LogP contribution in [0.25, 0.3) is 11.5 Å². The van der Waals surface area contributed by atoms with E-state index in [1.165, 1.54) is 4.31 Å². The van der Waals surface area contributed by atoms with Gasteiger partial charge in [0.15, 0.2) is 0 Å². The van der Waals surface area contributed by atoms with Crippen LogP contribution in [-0.4, -0.2) is 48.5 Å². The number of rotatable bonds is 6. The topological polar surface area (TPSA) is 92.5 Å². The molecule has 1 fully saturated rings. The van der Waals surface area contributed by atoms with Crippen LogP contribution in [0, 0.1) is 6.92 Å². The monoisotopic (exact) mass is 391 g/mol. The van der Waals surface area contributed by atoms with Gasteiger partial charge in [0.2, 0.25) is 21.8 Å². The van der Waals surface area contributed by atoms with Crippen LogP contribution in [0.4, 0.5) is 0 Å². The van der Waals surface area contributed by atoms with E-state index in [-0.39, 0.29) is 24.1 Å². The Hall–Kier alpha value is -2.19. The summed E-state index contributed by atoms with van der Waals surface area (Å²) >= 11 is 0. The third-order valence-electron chi connectivity index (χ3n) is 4.82. The molecule has 0 saturated carbocycles. The number of hydrogen-bond donors (Lipinski definition) is 1. The number of amides is 1. The van der Waals surface area contributed by atoms with Crippen molar-refractivity contribution < 1.29 is 17.6 Å². The van der Waals surface area contributed by atoms with E-state index in [4.69, 9.17) is 4.42 Å². The molecule has 3 rings (SSSR count). The Morgan fingerprint density at radius 1 is 1.26 bits per heavy atom. The maximum atomic E-state index is 12.4. The number of piperidine rings is 1. The van der Waals surface area contributed by atoms with Crippen LogP contribution in [0.5, 0.6) is 0 Å². The molecule has 0 bridgehead atoms. The Balaban J connectivity index is 1.56. The van der Waals surface area contributed by atoms with Crippen molar-refractivity contribution in [2.45, 2.75) is 39.2 Å². The fourth-order valence-corrected chi connectivity index (χ4v) is 4.32.